The molecule has 2 aromatic rings. The average Bonchev–Trinajstić information content (AvgIpc) is 2.99. The fraction of sp³-hybridized carbons (Fsp3) is 0.462. The van der Waals surface area contributed by atoms with E-state index in [1.54, 1.807) is 0 Å². The lowest BCUT2D eigenvalue weighted by Gasteiger charge is -2.24. The smallest absolute Gasteiger partial charge is 0.323 e. The van der Waals surface area contributed by atoms with E-state index in [-0.39, 0.29) is 17.8 Å². The summed E-state index contributed by atoms with van der Waals surface area (Å²) in [5, 5.41) is 3.32. The molecule has 1 saturated heterocycles. The largest absolute Gasteiger partial charge is 0.376 e. The number of aromatic nitrogens is 2. The molecule has 1 fully saturated rings. The number of nitrogens with one attached hydrogen (secondary N) is 3. The Hall–Kier alpha value is -1.11. The van der Waals surface area contributed by atoms with Crippen LogP contribution in [0.3, 0.4) is 0 Å². The molecule has 3 rings (SSSR count). The first kappa shape index (κ1) is 12.9. The quantitative estimate of drug-likeness (QED) is 0.809. The van der Waals surface area contributed by atoms with E-state index in [9.17, 15) is 4.79 Å². The Morgan fingerprint density at radius 2 is 2.16 bits per heavy atom. The number of imidazole rings is 1. The number of H-pyrrole nitrogens is 2. The van der Waals surface area contributed by atoms with Crippen LogP contribution in [0.5, 0.6) is 0 Å². The lowest BCUT2D eigenvalue weighted by molar-refractivity contribution is 0.0806. The highest BCUT2D eigenvalue weighted by Gasteiger charge is 2.27. The van der Waals surface area contributed by atoms with E-state index in [0.717, 1.165) is 40.5 Å². The highest BCUT2D eigenvalue weighted by atomic mass is 79.9. The number of fused-ring (bicyclic) bond motifs is 1. The molecule has 2 heterocycles. The van der Waals surface area contributed by atoms with Gasteiger partial charge in [0.15, 0.2) is 0 Å². The van der Waals surface area contributed by atoms with Gasteiger partial charge in [0.05, 0.1) is 23.2 Å². The van der Waals surface area contributed by atoms with Gasteiger partial charge in [-0.2, -0.15) is 0 Å². The van der Waals surface area contributed by atoms with E-state index in [1.165, 1.54) is 0 Å². The van der Waals surface area contributed by atoms with Crippen molar-refractivity contribution < 1.29 is 4.74 Å². The number of hydrogen-bond acceptors (Lipinski definition) is 3. The predicted octanol–water partition coefficient (Wildman–Crippen LogP) is 2.06. The van der Waals surface area contributed by atoms with Crippen LogP contribution in [0, 0.1) is 0 Å². The molecular formula is C13H16BrN3O2. The molecule has 1 aliphatic heterocycles. The number of benzene rings is 1. The molecule has 5 nitrogen and oxygen atoms in total. The molecule has 1 aromatic carbocycles. The van der Waals surface area contributed by atoms with Crippen LogP contribution in [0.4, 0.5) is 0 Å². The Morgan fingerprint density at radius 1 is 1.42 bits per heavy atom. The van der Waals surface area contributed by atoms with Crippen LogP contribution in [0.25, 0.3) is 11.0 Å². The van der Waals surface area contributed by atoms with E-state index in [0.29, 0.717) is 0 Å². The van der Waals surface area contributed by atoms with Gasteiger partial charge < -0.3 is 20.0 Å². The molecule has 0 saturated carbocycles. The summed E-state index contributed by atoms with van der Waals surface area (Å²) in [5.74, 6) is 0. The highest BCUT2D eigenvalue weighted by Crippen LogP contribution is 2.33. The second kappa shape index (κ2) is 5.11. The van der Waals surface area contributed by atoms with Crippen LogP contribution in [-0.4, -0.2) is 29.7 Å². The second-order valence-corrected chi connectivity index (χ2v) is 5.67. The van der Waals surface area contributed by atoms with Crippen molar-refractivity contribution in [2.75, 3.05) is 13.7 Å². The summed E-state index contributed by atoms with van der Waals surface area (Å²) in [6.45, 7) is 0.823. The van der Waals surface area contributed by atoms with E-state index in [4.69, 9.17) is 4.74 Å². The van der Waals surface area contributed by atoms with E-state index in [2.05, 4.69) is 31.2 Å². The minimum Gasteiger partial charge on any atom is -0.376 e. The normalized spacial score (nSPS) is 21.1. The average molecular weight is 326 g/mol. The van der Waals surface area contributed by atoms with Crippen molar-refractivity contribution in [1.29, 1.82) is 0 Å². The van der Waals surface area contributed by atoms with Gasteiger partial charge in [0.2, 0.25) is 0 Å². The lowest BCUT2D eigenvalue weighted by Crippen LogP contribution is -2.29. The number of halogens is 1. The SMILES string of the molecule is CNC(c1cc2[nH]c(=O)[nH]c2cc1Br)C1CCCO1. The first-order chi connectivity index (χ1) is 9.19. The van der Waals surface area contributed by atoms with Gasteiger partial charge in [-0.05, 0) is 37.6 Å². The van der Waals surface area contributed by atoms with Gasteiger partial charge in [-0.1, -0.05) is 15.9 Å². The monoisotopic (exact) mass is 325 g/mol. The Bertz CT molecular complexity index is 643. The van der Waals surface area contributed by atoms with Crippen LogP contribution in [0.2, 0.25) is 0 Å². The summed E-state index contributed by atoms with van der Waals surface area (Å²) >= 11 is 3.58. The van der Waals surface area contributed by atoms with E-state index in [1.807, 2.05) is 19.2 Å². The Morgan fingerprint density at radius 3 is 2.79 bits per heavy atom. The Labute approximate surface area is 118 Å². The second-order valence-electron chi connectivity index (χ2n) is 4.82. The number of likely N-dealkylation sites (N-methyl/N-ethyl adjacent to an activating group) is 1. The van der Waals surface area contributed by atoms with Crippen molar-refractivity contribution in [2.45, 2.75) is 25.0 Å². The summed E-state index contributed by atoms with van der Waals surface area (Å²) in [7, 11) is 1.93. The summed E-state index contributed by atoms with van der Waals surface area (Å²) in [5.41, 5.74) is 2.55. The van der Waals surface area contributed by atoms with Crippen molar-refractivity contribution in [2.24, 2.45) is 0 Å². The van der Waals surface area contributed by atoms with Crippen LogP contribution < -0.4 is 11.0 Å². The van der Waals surface area contributed by atoms with Crippen molar-refractivity contribution >= 4 is 27.0 Å². The van der Waals surface area contributed by atoms with E-state index < -0.39 is 0 Å². The topological polar surface area (TPSA) is 69.9 Å². The Kier molecular flexibility index (Phi) is 3.47. The van der Waals surface area contributed by atoms with Crippen LogP contribution in [-0.2, 0) is 4.74 Å². The zero-order chi connectivity index (χ0) is 13.4. The molecule has 0 bridgehead atoms. The number of rotatable bonds is 3. The molecular weight excluding hydrogens is 310 g/mol. The van der Waals surface area contributed by atoms with Crippen molar-refractivity contribution in [3.63, 3.8) is 0 Å². The molecule has 3 N–H and O–H groups in total. The molecule has 2 atom stereocenters. The summed E-state index contributed by atoms with van der Waals surface area (Å²) < 4.78 is 6.75. The summed E-state index contributed by atoms with van der Waals surface area (Å²) in [4.78, 5) is 16.9. The van der Waals surface area contributed by atoms with Gasteiger partial charge >= 0.3 is 5.69 Å². The first-order valence-corrected chi connectivity index (χ1v) is 7.18. The highest BCUT2D eigenvalue weighted by molar-refractivity contribution is 9.10. The molecule has 0 amide bonds. The third-order valence-electron chi connectivity index (χ3n) is 3.62. The van der Waals surface area contributed by atoms with Gasteiger partial charge in [0, 0.05) is 11.1 Å². The van der Waals surface area contributed by atoms with Crippen molar-refractivity contribution in [3.05, 3.63) is 32.7 Å². The third kappa shape index (κ3) is 2.35. The van der Waals surface area contributed by atoms with Gasteiger partial charge in [-0.25, -0.2) is 4.79 Å². The number of hydrogen-bond donors (Lipinski definition) is 3. The van der Waals surface area contributed by atoms with E-state index >= 15 is 0 Å². The van der Waals surface area contributed by atoms with Crippen LogP contribution >= 0.6 is 15.9 Å². The zero-order valence-corrected chi connectivity index (χ0v) is 12.2. The molecule has 0 spiro atoms. The molecule has 0 aliphatic carbocycles. The van der Waals surface area contributed by atoms with Gasteiger partial charge in [-0.3, -0.25) is 0 Å². The predicted molar refractivity (Wildman–Crippen MR) is 77.4 cm³/mol. The van der Waals surface area contributed by atoms with Crippen molar-refractivity contribution in [3.8, 4) is 0 Å². The first-order valence-electron chi connectivity index (χ1n) is 6.39. The fourth-order valence-electron chi connectivity index (χ4n) is 2.72. The molecule has 2 unspecified atom stereocenters. The maximum atomic E-state index is 11.3. The molecule has 1 aromatic heterocycles. The molecule has 6 heteroatoms. The van der Waals surface area contributed by atoms with Crippen molar-refractivity contribution in [1.82, 2.24) is 15.3 Å². The van der Waals surface area contributed by atoms with Gasteiger partial charge in [0.25, 0.3) is 0 Å². The fourth-order valence-corrected chi connectivity index (χ4v) is 3.31. The summed E-state index contributed by atoms with van der Waals surface area (Å²) in [6.07, 6.45) is 2.34. The summed E-state index contributed by atoms with van der Waals surface area (Å²) in [6, 6.07) is 4.06. The molecule has 102 valence electrons. The standard InChI is InChI=1S/C13H16BrN3O2/c1-15-12(11-3-2-4-19-11)7-5-9-10(6-8(7)14)17-13(18)16-9/h5-6,11-12,15H,2-4H2,1H3,(H2,16,17,18). The minimum absolute atomic E-state index is 0.125. The molecule has 19 heavy (non-hydrogen) atoms. The van der Waals surface area contributed by atoms with Crippen LogP contribution in [0.15, 0.2) is 21.4 Å². The molecule has 0 radical (unpaired) electrons. The van der Waals surface area contributed by atoms with Gasteiger partial charge in [-0.15, -0.1) is 0 Å². The van der Waals surface area contributed by atoms with Crippen LogP contribution in [0.1, 0.15) is 24.4 Å². The maximum absolute atomic E-state index is 11.3. The minimum atomic E-state index is -0.183. The zero-order valence-electron chi connectivity index (χ0n) is 10.6. The molecule has 1 aliphatic rings. The third-order valence-corrected chi connectivity index (χ3v) is 4.30. The van der Waals surface area contributed by atoms with Gasteiger partial charge in [0.1, 0.15) is 0 Å². The Balaban J connectivity index is 2.06. The maximum Gasteiger partial charge on any atom is 0.323 e. The number of ether oxygens (including phenoxy) is 1. The lowest BCUT2D eigenvalue weighted by atomic mass is 9.99. The number of aromatic amines is 2.